The van der Waals surface area contributed by atoms with Crippen molar-refractivity contribution >= 4 is 16.8 Å². The van der Waals surface area contributed by atoms with Crippen LogP contribution in [0.2, 0.25) is 0 Å². The molecule has 0 bridgehead atoms. The van der Waals surface area contributed by atoms with Crippen molar-refractivity contribution in [3.63, 3.8) is 0 Å². The smallest absolute Gasteiger partial charge is 0.330 e. The quantitative estimate of drug-likeness (QED) is 0.502. The van der Waals surface area contributed by atoms with Crippen molar-refractivity contribution in [2.45, 2.75) is 71.2 Å². The zero-order valence-corrected chi connectivity index (χ0v) is 18.7. The van der Waals surface area contributed by atoms with Gasteiger partial charge in [0.1, 0.15) is 6.10 Å². The minimum Gasteiger partial charge on any atom is -0.461 e. The number of allylic oxidation sites excluding steroid dienone is 1. The second-order valence-electron chi connectivity index (χ2n) is 9.19. The predicted molar refractivity (Wildman–Crippen MR) is 115 cm³/mol. The lowest BCUT2D eigenvalue weighted by molar-refractivity contribution is -0.159. The predicted octanol–water partition coefficient (Wildman–Crippen LogP) is 5.37. The Hall–Kier alpha value is -1.42. The van der Waals surface area contributed by atoms with Gasteiger partial charge in [-0.25, -0.2) is 0 Å². The molecule has 3 nitrogen and oxygen atoms in total. The Bertz CT molecular complexity index is 767. The molecule has 0 radical (unpaired) electrons. The van der Waals surface area contributed by atoms with Crippen LogP contribution in [0.4, 0.5) is 0 Å². The van der Waals surface area contributed by atoms with Gasteiger partial charge in [0.15, 0.2) is 4.75 Å². The van der Waals surface area contributed by atoms with E-state index < -0.39 is 15.5 Å². The molecular weight excluding hydrogens is 368 g/mol. The van der Waals surface area contributed by atoms with Crippen molar-refractivity contribution in [1.82, 2.24) is 0 Å². The highest BCUT2D eigenvalue weighted by atomic mass is 32.2. The van der Waals surface area contributed by atoms with Gasteiger partial charge in [-0.2, -0.15) is 0 Å². The minimum atomic E-state index is -1.34. The number of hydrogen-bond donors (Lipinski definition) is 0. The minimum absolute atomic E-state index is 0.0823. The van der Waals surface area contributed by atoms with Crippen LogP contribution in [0.25, 0.3) is 0 Å². The van der Waals surface area contributed by atoms with Crippen molar-refractivity contribution < 1.29 is 13.7 Å². The van der Waals surface area contributed by atoms with Crippen LogP contribution in [0, 0.1) is 17.8 Å². The Kier molecular flexibility index (Phi) is 6.48. The summed E-state index contributed by atoms with van der Waals surface area (Å²) in [6, 6.07) is 9.62. The molecule has 5 atom stereocenters. The number of carbonyl (C=O) groups excluding carboxylic acids is 1. The molecule has 1 aliphatic carbocycles. The Morgan fingerprint density at radius 1 is 1.14 bits per heavy atom. The number of esters is 1. The highest BCUT2D eigenvalue weighted by molar-refractivity contribution is 7.87. The second-order valence-corrected chi connectivity index (χ2v) is 10.9. The second kappa shape index (κ2) is 8.52. The molecule has 1 aromatic rings. The van der Waals surface area contributed by atoms with Crippen LogP contribution >= 0.6 is 0 Å². The SMILES string of the molecule is CC1=C(C)C[C@](C(=O)O[C@@H]2C[C@H](C)CC[C@H]2C(C)C)(c2ccccc2)[S@](=O)C1. The van der Waals surface area contributed by atoms with Crippen molar-refractivity contribution in [2.75, 3.05) is 5.75 Å². The van der Waals surface area contributed by atoms with E-state index in [4.69, 9.17) is 4.74 Å². The zero-order chi connectivity index (χ0) is 20.5. The lowest BCUT2D eigenvalue weighted by Crippen LogP contribution is -2.48. The van der Waals surface area contributed by atoms with E-state index in [1.807, 2.05) is 37.3 Å². The average molecular weight is 403 g/mol. The normalized spacial score (nSPS) is 33.8. The topological polar surface area (TPSA) is 43.4 Å². The van der Waals surface area contributed by atoms with Crippen LogP contribution in [0.3, 0.4) is 0 Å². The fraction of sp³-hybridized carbons (Fsp3) is 0.625. The van der Waals surface area contributed by atoms with Gasteiger partial charge in [-0.1, -0.05) is 68.7 Å². The number of hydrogen-bond acceptors (Lipinski definition) is 3. The lowest BCUT2D eigenvalue weighted by Gasteiger charge is -2.41. The van der Waals surface area contributed by atoms with E-state index in [0.717, 1.165) is 29.6 Å². The van der Waals surface area contributed by atoms with Gasteiger partial charge in [0.05, 0.1) is 0 Å². The highest BCUT2D eigenvalue weighted by Crippen LogP contribution is 2.43. The molecule has 0 N–H and O–H groups in total. The van der Waals surface area contributed by atoms with E-state index >= 15 is 0 Å². The molecule has 0 amide bonds. The van der Waals surface area contributed by atoms with Gasteiger partial charge < -0.3 is 4.74 Å². The molecule has 1 aromatic carbocycles. The summed E-state index contributed by atoms with van der Waals surface area (Å²) in [7, 11) is -1.34. The third kappa shape index (κ3) is 3.98. The molecule has 0 unspecified atom stereocenters. The molecule has 4 heteroatoms. The van der Waals surface area contributed by atoms with E-state index in [0.29, 0.717) is 29.9 Å². The van der Waals surface area contributed by atoms with E-state index in [1.54, 1.807) is 0 Å². The van der Waals surface area contributed by atoms with Gasteiger partial charge in [0.2, 0.25) is 0 Å². The molecule has 1 heterocycles. The first-order chi connectivity index (χ1) is 13.3. The number of ether oxygens (including phenoxy) is 1. The zero-order valence-electron chi connectivity index (χ0n) is 17.9. The Morgan fingerprint density at radius 2 is 1.82 bits per heavy atom. The molecule has 1 aliphatic heterocycles. The van der Waals surface area contributed by atoms with Crippen LogP contribution in [-0.2, 0) is 25.1 Å². The number of rotatable bonds is 4. The summed E-state index contributed by atoms with van der Waals surface area (Å²) in [4.78, 5) is 13.7. The van der Waals surface area contributed by atoms with E-state index in [1.165, 1.54) is 6.42 Å². The molecule has 1 saturated carbocycles. The first kappa shape index (κ1) is 21.3. The standard InChI is InChI=1S/C24H34O3S/c1-16(2)21-12-11-17(3)13-22(21)27-23(25)24(20-9-7-6-8-10-20)14-18(4)19(5)15-28(24)26/h6-10,16-17,21-22H,11-15H2,1-5H3/t17-,21+,22-,24-,28-/m1/s1. The van der Waals surface area contributed by atoms with Crippen molar-refractivity contribution in [3.8, 4) is 0 Å². The Morgan fingerprint density at radius 3 is 2.46 bits per heavy atom. The number of benzene rings is 1. The highest BCUT2D eigenvalue weighted by Gasteiger charge is 2.51. The van der Waals surface area contributed by atoms with Gasteiger partial charge >= 0.3 is 5.97 Å². The van der Waals surface area contributed by atoms with Crippen LogP contribution < -0.4 is 0 Å². The largest absolute Gasteiger partial charge is 0.461 e. The van der Waals surface area contributed by atoms with Crippen LogP contribution in [-0.4, -0.2) is 22.0 Å². The van der Waals surface area contributed by atoms with E-state index in [-0.39, 0.29) is 12.1 Å². The van der Waals surface area contributed by atoms with E-state index in [9.17, 15) is 9.00 Å². The molecule has 28 heavy (non-hydrogen) atoms. The maximum absolute atomic E-state index is 13.7. The van der Waals surface area contributed by atoms with Gasteiger partial charge in [-0.15, -0.1) is 0 Å². The molecule has 2 aliphatic rings. The van der Waals surface area contributed by atoms with Crippen LogP contribution in [0.15, 0.2) is 41.5 Å². The van der Waals surface area contributed by atoms with Crippen molar-refractivity contribution in [3.05, 3.63) is 47.0 Å². The molecule has 0 spiro atoms. The maximum Gasteiger partial charge on any atom is 0.330 e. The maximum atomic E-state index is 13.7. The van der Waals surface area contributed by atoms with Gasteiger partial charge in [0.25, 0.3) is 0 Å². The average Bonchev–Trinajstić information content (AvgIpc) is 2.65. The Labute approximate surface area is 172 Å². The summed E-state index contributed by atoms with van der Waals surface area (Å²) in [6.45, 7) is 10.7. The molecule has 1 fully saturated rings. The fourth-order valence-electron chi connectivity index (χ4n) is 4.75. The van der Waals surface area contributed by atoms with Crippen LogP contribution in [0.5, 0.6) is 0 Å². The third-order valence-corrected chi connectivity index (χ3v) is 8.79. The summed E-state index contributed by atoms with van der Waals surface area (Å²) >= 11 is 0. The third-order valence-electron chi connectivity index (χ3n) is 6.77. The summed E-state index contributed by atoms with van der Waals surface area (Å²) in [5, 5.41) is 0. The van der Waals surface area contributed by atoms with Crippen molar-refractivity contribution in [2.24, 2.45) is 17.8 Å². The molecular formula is C24H34O3S. The van der Waals surface area contributed by atoms with Crippen molar-refractivity contribution in [1.29, 1.82) is 0 Å². The fourth-order valence-corrected chi connectivity index (χ4v) is 6.65. The molecule has 0 aromatic heterocycles. The summed E-state index contributed by atoms with van der Waals surface area (Å²) in [5.41, 5.74) is 3.09. The summed E-state index contributed by atoms with van der Waals surface area (Å²) in [5.74, 6) is 1.54. The Balaban J connectivity index is 1.97. The lowest BCUT2D eigenvalue weighted by atomic mass is 9.75. The first-order valence-electron chi connectivity index (χ1n) is 10.6. The van der Waals surface area contributed by atoms with Crippen LogP contribution in [0.1, 0.15) is 65.9 Å². The van der Waals surface area contributed by atoms with E-state index in [2.05, 4.69) is 27.7 Å². The number of carbonyl (C=O) groups is 1. The van der Waals surface area contributed by atoms with Gasteiger partial charge in [0, 0.05) is 23.0 Å². The summed E-state index contributed by atoms with van der Waals surface area (Å²) in [6.07, 6.45) is 3.58. The van der Waals surface area contributed by atoms with Gasteiger partial charge in [-0.05, 0) is 50.0 Å². The summed E-state index contributed by atoms with van der Waals surface area (Å²) < 4.78 is 18.6. The monoisotopic (exact) mass is 402 g/mol. The molecule has 154 valence electrons. The molecule has 0 saturated heterocycles. The van der Waals surface area contributed by atoms with Gasteiger partial charge in [-0.3, -0.25) is 9.00 Å². The first-order valence-corrected chi connectivity index (χ1v) is 11.9. The molecule has 3 rings (SSSR count).